The number of rotatable bonds is 6. The lowest BCUT2D eigenvalue weighted by atomic mass is 10.1. The second-order valence-corrected chi connectivity index (χ2v) is 7.68. The molecule has 0 saturated heterocycles. The maximum Gasteiger partial charge on any atom is 0.275 e. The highest BCUT2D eigenvalue weighted by atomic mass is 32.2. The van der Waals surface area contributed by atoms with Crippen LogP contribution in [0.3, 0.4) is 0 Å². The van der Waals surface area contributed by atoms with Crippen molar-refractivity contribution in [2.45, 2.75) is 24.6 Å². The Balaban J connectivity index is 1.72. The molecule has 3 N–H and O–H groups in total. The first kappa shape index (κ1) is 17.4. The van der Waals surface area contributed by atoms with Gasteiger partial charge in [-0.25, -0.2) is 0 Å². The van der Waals surface area contributed by atoms with Crippen LogP contribution < -0.4 is 5.32 Å². The monoisotopic (exact) mass is 375 g/mol. The van der Waals surface area contributed by atoms with Crippen molar-refractivity contribution in [3.05, 3.63) is 35.5 Å². The number of hydrogen-bond acceptors (Lipinski definition) is 7. The highest BCUT2D eigenvalue weighted by Crippen LogP contribution is 2.29. The fourth-order valence-corrected chi connectivity index (χ4v) is 3.78. The molecule has 0 aliphatic carbocycles. The first-order valence-corrected chi connectivity index (χ1v) is 9.50. The zero-order valence-electron chi connectivity index (χ0n) is 13.7. The van der Waals surface area contributed by atoms with Gasteiger partial charge in [-0.05, 0) is 31.5 Å². The number of benzene rings is 1. The van der Waals surface area contributed by atoms with Gasteiger partial charge in [-0.1, -0.05) is 41.7 Å². The van der Waals surface area contributed by atoms with Crippen LogP contribution in [0.4, 0.5) is 5.13 Å². The van der Waals surface area contributed by atoms with Crippen molar-refractivity contribution in [2.75, 3.05) is 11.1 Å². The van der Waals surface area contributed by atoms with Gasteiger partial charge in [-0.15, -0.1) is 10.2 Å². The first-order valence-electron chi connectivity index (χ1n) is 7.70. The van der Waals surface area contributed by atoms with Crippen LogP contribution in [0.5, 0.6) is 5.75 Å². The van der Waals surface area contributed by atoms with Crippen LogP contribution in [-0.2, 0) is 0 Å². The van der Waals surface area contributed by atoms with Crippen molar-refractivity contribution in [3.8, 4) is 17.0 Å². The summed E-state index contributed by atoms with van der Waals surface area (Å²) < 4.78 is 0.826. The van der Waals surface area contributed by atoms with E-state index in [4.69, 9.17) is 0 Å². The molecule has 3 aromatic rings. The highest BCUT2D eigenvalue weighted by Gasteiger charge is 2.15. The van der Waals surface area contributed by atoms with Crippen LogP contribution >= 0.6 is 23.1 Å². The Bertz CT molecular complexity index is 890. The number of phenolic OH excluding ortho intramolecular Hbond substituents is 1. The number of H-pyrrole nitrogens is 1. The first-order chi connectivity index (χ1) is 12.1. The maximum absolute atomic E-state index is 12.3. The van der Waals surface area contributed by atoms with Gasteiger partial charge in [0.2, 0.25) is 5.13 Å². The zero-order chi connectivity index (χ0) is 17.8. The van der Waals surface area contributed by atoms with E-state index in [1.165, 1.54) is 11.3 Å². The van der Waals surface area contributed by atoms with Crippen molar-refractivity contribution < 1.29 is 9.90 Å². The van der Waals surface area contributed by atoms with Gasteiger partial charge in [0, 0.05) is 11.3 Å². The fourth-order valence-electron chi connectivity index (χ4n) is 2.10. The number of aromatic hydroxyl groups is 1. The standard InChI is InChI=1S/C16H17N5O2S2/c1-3-6-24-16-21-20-15(25-16)17-14(23)12-8-11(18-19-12)10-7-9(2)4-5-13(10)22/h4-5,7-8,22H,3,6H2,1-2H3,(H,18,19)(H,17,20,23). The van der Waals surface area contributed by atoms with E-state index < -0.39 is 0 Å². The largest absolute Gasteiger partial charge is 0.507 e. The Morgan fingerprint density at radius 1 is 1.36 bits per heavy atom. The van der Waals surface area contributed by atoms with Crippen molar-refractivity contribution in [3.63, 3.8) is 0 Å². The van der Waals surface area contributed by atoms with Crippen molar-refractivity contribution in [1.82, 2.24) is 20.4 Å². The molecule has 0 fully saturated rings. The number of nitrogens with one attached hydrogen (secondary N) is 2. The molecule has 2 aromatic heterocycles. The van der Waals surface area contributed by atoms with Gasteiger partial charge >= 0.3 is 0 Å². The molecule has 1 amide bonds. The molecule has 0 bridgehead atoms. The van der Waals surface area contributed by atoms with Gasteiger partial charge in [0.25, 0.3) is 5.91 Å². The summed E-state index contributed by atoms with van der Waals surface area (Å²) in [6, 6.07) is 6.82. The SMILES string of the molecule is CCCSc1nnc(NC(=O)c2cc(-c3cc(C)ccc3O)n[nH]2)s1. The topological polar surface area (TPSA) is 104 Å². The van der Waals surface area contributed by atoms with E-state index in [0.29, 0.717) is 16.4 Å². The third kappa shape index (κ3) is 4.18. The number of hydrogen-bond donors (Lipinski definition) is 3. The quantitative estimate of drug-likeness (QED) is 0.448. The van der Waals surface area contributed by atoms with Gasteiger partial charge < -0.3 is 5.11 Å². The van der Waals surface area contributed by atoms with Gasteiger partial charge in [0.15, 0.2) is 4.34 Å². The van der Waals surface area contributed by atoms with Crippen LogP contribution in [0.15, 0.2) is 28.6 Å². The summed E-state index contributed by atoms with van der Waals surface area (Å²) in [4.78, 5) is 12.3. The molecule has 0 radical (unpaired) electrons. The van der Waals surface area contributed by atoms with Gasteiger partial charge in [-0.3, -0.25) is 15.2 Å². The molecule has 0 aliphatic heterocycles. The minimum absolute atomic E-state index is 0.116. The van der Waals surface area contributed by atoms with E-state index >= 15 is 0 Å². The normalized spacial score (nSPS) is 10.8. The van der Waals surface area contributed by atoms with Crippen LogP contribution in [-0.4, -0.2) is 37.2 Å². The summed E-state index contributed by atoms with van der Waals surface area (Å²) in [5.74, 6) is 0.729. The predicted molar refractivity (Wildman–Crippen MR) is 99.3 cm³/mol. The molecule has 7 nitrogen and oxygen atoms in total. The van der Waals surface area contributed by atoms with E-state index in [-0.39, 0.29) is 17.4 Å². The smallest absolute Gasteiger partial charge is 0.275 e. The van der Waals surface area contributed by atoms with Gasteiger partial charge in [0.05, 0.1) is 5.69 Å². The molecule has 2 heterocycles. The van der Waals surface area contributed by atoms with Crippen LogP contribution in [0, 0.1) is 6.92 Å². The average molecular weight is 375 g/mol. The molecule has 1 aromatic carbocycles. The van der Waals surface area contributed by atoms with Gasteiger partial charge in [0.1, 0.15) is 11.4 Å². The third-order valence-electron chi connectivity index (χ3n) is 3.31. The number of aromatic amines is 1. The molecule has 25 heavy (non-hydrogen) atoms. The van der Waals surface area contributed by atoms with E-state index in [1.54, 1.807) is 23.9 Å². The molecule has 0 unspecified atom stereocenters. The number of carbonyl (C=O) groups excluding carboxylic acids is 1. The lowest BCUT2D eigenvalue weighted by Gasteiger charge is -2.01. The molecule has 0 saturated carbocycles. The Kier molecular flexibility index (Phi) is 5.34. The lowest BCUT2D eigenvalue weighted by Crippen LogP contribution is -2.12. The minimum atomic E-state index is -0.353. The number of amides is 1. The van der Waals surface area contributed by atoms with E-state index in [2.05, 4.69) is 32.6 Å². The second-order valence-electron chi connectivity index (χ2n) is 5.36. The number of nitrogens with zero attached hydrogens (tertiary/aromatic N) is 3. The molecular formula is C16H17N5O2S2. The molecule has 130 valence electrons. The Morgan fingerprint density at radius 3 is 3.00 bits per heavy atom. The summed E-state index contributed by atoms with van der Waals surface area (Å²) in [7, 11) is 0. The average Bonchev–Trinajstić information content (AvgIpc) is 3.24. The Labute approximate surface area is 152 Å². The Hall–Kier alpha value is -2.39. The second kappa shape index (κ2) is 7.66. The minimum Gasteiger partial charge on any atom is -0.507 e. The number of aromatic nitrogens is 4. The summed E-state index contributed by atoms with van der Waals surface area (Å²) in [5, 5.41) is 27.9. The van der Waals surface area contributed by atoms with Crippen LogP contribution in [0.1, 0.15) is 29.4 Å². The van der Waals surface area contributed by atoms with Crippen LogP contribution in [0.25, 0.3) is 11.3 Å². The Morgan fingerprint density at radius 2 is 2.20 bits per heavy atom. The number of anilines is 1. The molecule has 0 atom stereocenters. The zero-order valence-corrected chi connectivity index (χ0v) is 15.4. The maximum atomic E-state index is 12.3. The van der Waals surface area contributed by atoms with Gasteiger partial charge in [-0.2, -0.15) is 5.10 Å². The third-order valence-corrected chi connectivity index (χ3v) is 5.48. The van der Waals surface area contributed by atoms with E-state index in [0.717, 1.165) is 22.1 Å². The summed E-state index contributed by atoms with van der Waals surface area (Å²) in [6.45, 7) is 4.02. The number of carbonyl (C=O) groups is 1. The molecule has 9 heteroatoms. The summed E-state index contributed by atoms with van der Waals surface area (Å²) >= 11 is 2.95. The number of phenols is 1. The highest BCUT2D eigenvalue weighted by molar-refractivity contribution is 8.01. The molecule has 0 aliphatic rings. The van der Waals surface area contributed by atoms with Crippen molar-refractivity contribution in [2.24, 2.45) is 0 Å². The van der Waals surface area contributed by atoms with Crippen molar-refractivity contribution in [1.29, 1.82) is 0 Å². The molecular weight excluding hydrogens is 358 g/mol. The number of thioether (sulfide) groups is 1. The summed E-state index contributed by atoms with van der Waals surface area (Å²) in [6.07, 6.45) is 1.05. The van der Waals surface area contributed by atoms with E-state index in [9.17, 15) is 9.90 Å². The fraction of sp³-hybridized carbons (Fsp3) is 0.250. The number of aryl methyl sites for hydroxylation is 1. The van der Waals surface area contributed by atoms with Crippen LogP contribution in [0.2, 0.25) is 0 Å². The predicted octanol–water partition coefficient (Wildman–Crippen LogP) is 3.70. The summed E-state index contributed by atoms with van der Waals surface area (Å²) in [5.41, 5.74) is 2.36. The lowest BCUT2D eigenvalue weighted by molar-refractivity contribution is 0.102. The van der Waals surface area contributed by atoms with Crippen molar-refractivity contribution >= 4 is 34.1 Å². The molecule has 3 rings (SSSR count). The van der Waals surface area contributed by atoms with E-state index in [1.807, 2.05) is 19.1 Å². The molecule has 0 spiro atoms.